The van der Waals surface area contributed by atoms with Crippen LogP contribution in [-0.4, -0.2) is 5.91 Å². The Labute approximate surface area is 124 Å². The van der Waals surface area contributed by atoms with E-state index in [1.54, 1.807) is 12.1 Å². The number of carbonyl (C=O) groups excluding carboxylic acids is 1. The lowest BCUT2D eigenvalue weighted by Gasteiger charge is -2.24. The van der Waals surface area contributed by atoms with Crippen molar-refractivity contribution in [2.45, 2.75) is 25.7 Å². The molecule has 20 heavy (non-hydrogen) atoms. The van der Waals surface area contributed by atoms with Crippen molar-refractivity contribution in [2.24, 2.45) is 0 Å². The van der Waals surface area contributed by atoms with E-state index in [9.17, 15) is 4.79 Å². The third-order valence-corrected chi connectivity index (χ3v) is 3.64. The van der Waals surface area contributed by atoms with Crippen LogP contribution in [0.4, 0.5) is 5.69 Å². The molecule has 0 aliphatic heterocycles. The molecule has 0 saturated carbocycles. The Morgan fingerprint density at radius 3 is 2.30 bits per heavy atom. The second kappa shape index (κ2) is 6.10. The molecule has 2 aromatic carbocycles. The van der Waals surface area contributed by atoms with Crippen LogP contribution in [0.2, 0.25) is 5.02 Å². The fraction of sp³-hybridized carbons (Fsp3) is 0.235. The molecule has 104 valence electrons. The van der Waals surface area contributed by atoms with Crippen molar-refractivity contribution in [3.8, 4) is 0 Å². The average molecular weight is 288 g/mol. The largest absolute Gasteiger partial charge is 0.325 e. The highest BCUT2D eigenvalue weighted by molar-refractivity contribution is 6.33. The summed E-state index contributed by atoms with van der Waals surface area (Å²) in [5.41, 5.74) is 1.59. The van der Waals surface area contributed by atoms with Crippen LogP contribution in [-0.2, 0) is 10.2 Å². The minimum absolute atomic E-state index is 0.0352. The predicted molar refractivity (Wildman–Crippen MR) is 84.2 cm³/mol. The molecular weight excluding hydrogens is 270 g/mol. The minimum atomic E-state index is -0.216. The SMILES string of the molecule is CC(C)(CC(=O)Nc1ccccc1Cl)c1ccccc1. The second-order valence-corrected chi connectivity index (χ2v) is 5.86. The third kappa shape index (κ3) is 3.61. The van der Waals surface area contributed by atoms with Crippen LogP contribution in [0, 0.1) is 0 Å². The van der Waals surface area contributed by atoms with E-state index >= 15 is 0 Å². The average Bonchev–Trinajstić information content (AvgIpc) is 2.42. The van der Waals surface area contributed by atoms with Crippen molar-refractivity contribution in [3.63, 3.8) is 0 Å². The van der Waals surface area contributed by atoms with Crippen molar-refractivity contribution in [1.29, 1.82) is 0 Å². The lowest BCUT2D eigenvalue weighted by atomic mass is 9.81. The van der Waals surface area contributed by atoms with E-state index in [0.717, 1.165) is 5.56 Å². The molecule has 2 rings (SSSR count). The summed E-state index contributed by atoms with van der Waals surface area (Å²) < 4.78 is 0. The van der Waals surface area contributed by atoms with Crippen molar-refractivity contribution in [2.75, 3.05) is 5.32 Å². The smallest absolute Gasteiger partial charge is 0.225 e. The Kier molecular flexibility index (Phi) is 4.46. The first kappa shape index (κ1) is 14.6. The van der Waals surface area contributed by atoms with Gasteiger partial charge >= 0.3 is 0 Å². The van der Waals surface area contributed by atoms with E-state index in [4.69, 9.17) is 11.6 Å². The standard InChI is InChI=1S/C17H18ClNO/c1-17(2,13-8-4-3-5-9-13)12-16(20)19-15-11-7-6-10-14(15)18/h3-11H,12H2,1-2H3,(H,19,20). The third-order valence-electron chi connectivity index (χ3n) is 3.31. The Morgan fingerprint density at radius 2 is 1.65 bits per heavy atom. The Morgan fingerprint density at radius 1 is 1.05 bits per heavy atom. The molecular formula is C17H18ClNO. The number of rotatable bonds is 4. The number of carbonyl (C=O) groups is 1. The molecule has 0 spiro atoms. The molecule has 0 saturated heterocycles. The summed E-state index contributed by atoms with van der Waals surface area (Å²) in [6.45, 7) is 4.13. The highest BCUT2D eigenvalue weighted by Gasteiger charge is 2.24. The van der Waals surface area contributed by atoms with Gasteiger partial charge in [-0.05, 0) is 23.1 Å². The summed E-state index contributed by atoms with van der Waals surface area (Å²) in [7, 11) is 0. The molecule has 2 aromatic rings. The molecule has 0 aromatic heterocycles. The van der Waals surface area contributed by atoms with Gasteiger partial charge in [-0.25, -0.2) is 0 Å². The van der Waals surface area contributed by atoms with Gasteiger partial charge in [-0.1, -0.05) is 67.9 Å². The zero-order valence-corrected chi connectivity index (χ0v) is 12.4. The van der Waals surface area contributed by atoms with Gasteiger partial charge in [0, 0.05) is 6.42 Å². The molecule has 0 aliphatic rings. The molecule has 0 bridgehead atoms. The fourth-order valence-electron chi connectivity index (χ4n) is 2.15. The van der Waals surface area contributed by atoms with Crippen LogP contribution >= 0.6 is 11.6 Å². The zero-order valence-electron chi connectivity index (χ0n) is 11.7. The van der Waals surface area contributed by atoms with Gasteiger partial charge in [0.15, 0.2) is 0 Å². The highest BCUT2D eigenvalue weighted by atomic mass is 35.5. The maximum atomic E-state index is 12.2. The Bertz CT molecular complexity index is 593. The molecule has 1 N–H and O–H groups in total. The number of para-hydroxylation sites is 1. The number of anilines is 1. The van der Waals surface area contributed by atoms with Crippen LogP contribution in [0.3, 0.4) is 0 Å². The van der Waals surface area contributed by atoms with Gasteiger partial charge in [-0.3, -0.25) is 4.79 Å². The van der Waals surface area contributed by atoms with Crippen molar-refractivity contribution in [3.05, 3.63) is 65.2 Å². The summed E-state index contributed by atoms with van der Waals surface area (Å²) in [5.74, 6) is -0.0352. The number of halogens is 1. The van der Waals surface area contributed by atoms with Crippen LogP contribution in [0.15, 0.2) is 54.6 Å². The topological polar surface area (TPSA) is 29.1 Å². The molecule has 0 radical (unpaired) electrons. The van der Waals surface area contributed by atoms with Gasteiger partial charge in [0.2, 0.25) is 5.91 Å². The Balaban J connectivity index is 2.07. The second-order valence-electron chi connectivity index (χ2n) is 5.45. The van der Waals surface area contributed by atoms with E-state index in [0.29, 0.717) is 17.1 Å². The number of hydrogen-bond donors (Lipinski definition) is 1. The van der Waals surface area contributed by atoms with Crippen molar-refractivity contribution < 1.29 is 4.79 Å². The molecule has 0 heterocycles. The molecule has 1 amide bonds. The van der Waals surface area contributed by atoms with Crippen molar-refractivity contribution in [1.82, 2.24) is 0 Å². The lowest BCUT2D eigenvalue weighted by Crippen LogP contribution is -2.25. The zero-order chi connectivity index (χ0) is 14.6. The fourth-order valence-corrected chi connectivity index (χ4v) is 2.33. The van der Waals surface area contributed by atoms with Crippen LogP contribution in [0.25, 0.3) is 0 Å². The summed E-state index contributed by atoms with van der Waals surface area (Å²) in [5, 5.41) is 3.42. The van der Waals surface area contributed by atoms with Gasteiger partial charge < -0.3 is 5.32 Å². The maximum absolute atomic E-state index is 12.2. The maximum Gasteiger partial charge on any atom is 0.225 e. The van der Waals surface area contributed by atoms with Gasteiger partial charge in [0.1, 0.15) is 0 Å². The summed E-state index contributed by atoms with van der Waals surface area (Å²) in [4.78, 5) is 12.2. The summed E-state index contributed by atoms with van der Waals surface area (Å²) in [6.07, 6.45) is 0.405. The van der Waals surface area contributed by atoms with Gasteiger partial charge in [-0.2, -0.15) is 0 Å². The van der Waals surface area contributed by atoms with E-state index in [1.807, 2.05) is 42.5 Å². The number of nitrogens with one attached hydrogen (secondary N) is 1. The summed E-state index contributed by atoms with van der Waals surface area (Å²) >= 11 is 6.04. The minimum Gasteiger partial charge on any atom is -0.325 e. The number of amides is 1. The normalized spacial score (nSPS) is 11.2. The lowest BCUT2D eigenvalue weighted by molar-refractivity contribution is -0.117. The van der Waals surface area contributed by atoms with E-state index in [1.165, 1.54) is 0 Å². The number of hydrogen-bond acceptors (Lipinski definition) is 1. The van der Waals surface area contributed by atoms with Crippen LogP contribution in [0.1, 0.15) is 25.8 Å². The van der Waals surface area contributed by atoms with Crippen LogP contribution in [0.5, 0.6) is 0 Å². The molecule has 2 nitrogen and oxygen atoms in total. The van der Waals surface area contributed by atoms with Gasteiger partial charge in [-0.15, -0.1) is 0 Å². The van der Waals surface area contributed by atoms with Gasteiger partial charge in [0.05, 0.1) is 10.7 Å². The van der Waals surface area contributed by atoms with Crippen molar-refractivity contribution >= 4 is 23.2 Å². The first-order chi connectivity index (χ1) is 9.49. The van der Waals surface area contributed by atoms with Gasteiger partial charge in [0.25, 0.3) is 0 Å². The molecule has 0 fully saturated rings. The quantitative estimate of drug-likeness (QED) is 0.871. The van der Waals surface area contributed by atoms with E-state index in [-0.39, 0.29) is 11.3 Å². The molecule has 0 unspecified atom stereocenters. The molecule has 3 heteroatoms. The highest BCUT2D eigenvalue weighted by Crippen LogP contribution is 2.28. The summed E-state index contributed by atoms with van der Waals surface area (Å²) in [6, 6.07) is 17.3. The molecule has 0 atom stereocenters. The first-order valence-corrected chi connectivity index (χ1v) is 6.97. The predicted octanol–water partition coefficient (Wildman–Crippen LogP) is 4.65. The number of benzene rings is 2. The van der Waals surface area contributed by atoms with E-state index in [2.05, 4.69) is 19.2 Å². The van der Waals surface area contributed by atoms with E-state index < -0.39 is 0 Å². The van der Waals surface area contributed by atoms with Crippen LogP contribution < -0.4 is 5.32 Å². The molecule has 0 aliphatic carbocycles. The first-order valence-electron chi connectivity index (χ1n) is 6.59. The monoisotopic (exact) mass is 287 g/mol. The Hall–Kier alpha value is -1.80.